The van der Waals surface area contributed by atoms with Crippen molar-refractivity contribution < 1.29 is 4.79 Å². The van der Waals surface area contributed by atoms with Crippen LogP contribution >= 0.6 is 27.5 Å². The highest BCUT2D eigenvalue weighted by atomic mass is 79.9. The van der Waals surface area contributed by atoms with Crippen molar-refractivity contribution in [2.45, 2.75) is 31.3 Å². The molecule has 1 N–H and O–H groups in total. The molecule has 102 valence electrons. The zero-order chi connectivity index (χ0) is 13.4. The highest BCUT2D eigenvalue weighted by Crippen LogP contribution is 2.28. The maximum atomic E-state index is 12.6. The predicted octanol–water partition coefficient (Wildman–Crippen LogP) is 3.07. The fourth-order valence-corrected chi connectivity index (χ4v) is 3.54. The molecule has 2 aliphatic heterocycles. The SMILES string of the molecule is O=C(c1cccc(Br)c1Cl)N1CCC2CCC(C1)N2. The normalized spacial score (nSPS) is 26.3. The van der Waals surface area contributed by atoms with Gasteiger partial charge in [0.15, 0.2) is 0 Å². The second-order valence-electron chi connectivity index (χ2n) is 5.28. The molecule has 0 radical (unpaired) electrons. The smallest absolute Gasteiger partial charge is 0.255 e. The molecule has 2 unspecified atom stereocenters. The molecule has 2 aliphatic rings. The van der Waals surface area contributed by atoms with Crippen LogP contribution < -0.4 is 5.32 Å². The molecular formula is C14H16BrClN2O. The lowest BCUT2D eigenvalue weighted by molar-refractivity contribution is 0.0748. The van der Waals surface area contributed by atoms with Gasteiger partial charge >= 0.3 is 0 Å². The minimum atomic E-state index is 0.0423. The van der Waals surface area contributed by atoms with Gasteiger partial charge in [0, 0.05) is 29.6 Å². The van der Waals surface area contributed by atoms with Gasteiger partial charge in [0.25, 0.3) is 5.91 Å². The molecule has 0 aliphatic carbocycles. The van der Waals surface area contributed by atoms with Gasteiger partial charge in [-0.3, -0.25) is 4.79 Å². The van der Waals surface area contributed by atoms with Crippen molar-refractivity contribution >= 4 is 33.4 Å². The summed E-state index contributed by atoms with van der Waals surface area (Å²) in [7, 11) is 0. The molecular weight excluding hydrogens is 328 g/mol. The van der Waals surface area contributed by atoms with Gasteiger partial charge < -0.3 is 10.2 Å². The van der Waals surface area contributed by atoms with E-state index in [4.69, 9.17) is 11.6 Å². The molecule has 0 spiro atoms. The van der Waals surface area contributed by atoms with E-state index in [2.05, 4.69) is 21.2 Å². The molecule has 2 saturated heterocycles. The van der Waals surface area contributed by atoms with Crippen molar-refractivity contribution in [3.05, 3.63) is 33.3 Å². The van der Waals surface area contributed by atoms with E-state index < -0.39 is 0 Å². The first kappa shape index (κ1) is 13.4. The summed E-state index contributed by atoms with van der Waals surface area (Å²) in [4.78, 5) is 14.5. The summed E-state index contributed by atoms with van der Waals surface area (Å²) in [5.74, 6) is 0.0423. The summed E-state index contributed by atoms with van der Waals surface area (Å²) in [5.41, 5.74) is 0.591. The number of carbonyl (C=O) groups excluding carboxylic acids is 1. The lowest BCUT2D eigenvalue weighted by Gasteiger charge is -2.24. The summed E-state index contributed by atoms with van der Waals surface area (Å²) in [6.45, 7) is 1.61. The molecule has 1 aromatic carbocycles. The van der Waals surface area contributed by atoms with Gasteiger partial charge in [0.2, 0.25) is 0 Å². The number of rotatable bonds is 1. The molecule has 19 heavy (non-hydrogen) atoms. The molecule has 5 heteroatoms. The Bertz CT molecular complexity index is 508. The highest BCUT2D eigenvalue weighted by Gasteiger charge is 2.32. The second-order valence-corrected chi connectivity index (χ2v) is 6.51. The van der Waals surface area contributed by atoms with E-state index in [1.807, 2.05) is 17.0 Å². The number of fused-ring (bicyclic) bond motifs is 2. The number of likely N-dealkylation sites (tertiary alicyclic amines) is 1. The van der Waals surface area contributed by atoms with Crippen LogP contribution in [-0.2, 0) is 0 Å². The Morgan fingerprint density at radius 1 is 1.32 bits per heavy atom. The molecule has 3 nitrogen and oxygen atoms in total. The number of hydrogen-bond acceptors (Lipinski definition) is 2. The van der Waals surface area contributed by atoms with Gasteiger partial charge in [-0.2, -0.15) is 0 Å². The second kappa shape index (κ2) is 5.43. The lowest BCUT2D eigenvalue weighted by atomic mass is 10.1. The standard InChI is InChI=1S/C14H16BrClN2O/c15-12-3-1-2-11(13(12)16)14(19)18-7-6-9-4-5-10(8-18)17-9/h1-3,9-10,17H,4-8H2. The van der Waals surface area contributed by atoms with Crippen LogP contribution in [0.15, 0.2) is 22.7 Å². The van der Waals surface area contributed by atoms with Gasteiger partial charge in [-0.25, -0.2) is 0 Å². The minimum absolute atomic E-state index is 0.0423. The van der Waals surface area contributed by atoms with E-state index in [0.717, 1.165) is 24.0 Å². The summed E-state index contributed by atoms with van der Waals surface area (Å²) in [6.07, 6.45) is 3.44. The Kier molecular flexibility index (Phi) is 3.83. The Balaban J connectivity index is 1.81. The first-order valence-electron chi connectivity index (χ1n) is 6.64. The highest BCUT2D eigenvalue weighted by molar-refractivity contribution is 9.10. The van der Waals surface area contributed by atoms with E-state index in [1.54, 1.807) is 6.07 Å². The summed E-state index contributed by atoms with van der Waals surface area (Å²) < 4.78 is 0.773. The van der Waals surface area contributed by atoms with Crippen molar-refractivity contribution in [3.8, 4) is 0 Å². The maximum absolute atomic E-state index is 12.6. The first-order valence-corrected chi connectivity index (χ1v) is 7.81. The lowest BCUT2D eigenvalue weighted by Crippen LogP contribution is -2.39. The van der Waals surface area contributed by atoms with Crippen molar-refractivity contribution in [1.29, 1.82) is 0 Å². The van der Waals surface area contributed by atoms with Crippen LogP contribution in [-0.4, -0.2) is 36.0 Å². The van der Waals surface area contributed by atoms with Crippen molar-refractivity contribution in [2.24, 2.45) is 0 Å². The van der Waals surface area contributed by atoms with Crippen LogP contribution in [0.2, 0.25) is 5.02 Å². The molecule has 2 bridgehead atoms. The molecule has 2 atom stereocenters. The Labute approximate surface area is 126 Å². The van der Waals surface area contributed by atoms with Crippen LogP contribution in [0.4, 0.5) is 0 Å². The number of halogens is 2. The first-order chi connectivity index (χ1) is 9.15. The zero-order valence-corrected chi connectivity index (χ0v) is 12.9. The number of carbonyl (C=O) groups is 1. The summed E-state index contributed by atoms with van der Waals surface area (Å²) in [5, 5.41) is 4.09. The quantitative estimate of drug-likeness (QED) is 0.850. The van der Waals surface area contributed by atoms with Gasteiger partial charge in [0.1, 0.15) is 0 Å². The van der Waals surface area contributed by atoms with Crippen LogP contribution in [0.3, 0.4) is 0 Å². The van der Waals surface area contributed by atoms with Crippen LogP contribution in [0.5, 0.6) is 0 Å². The van der Waals surface area contributed by atoms with Crippen molar-refractivity contribution in [3.63, 3.8) is 0 Å². The predicted molar refractivity (Wildman–Crippen MR) is 79.6 cm³/mol. The molecule has 3 rings (SSSR count). The van der Waals surface area contributed by atoms with Gasteiger partial charge in [0.05, 0.1) is 10.6 Å². The topological polar surface area (TPSA) is 32.3 Å². The van der Waals surface area contributed by atoms with E-state index >= 15 is 0 Å². The third-order valence-corrected chi connectivity index (χ3v) is 5.29. The zero-order valence-electron chi connectivity index (χ0n) is 10.5. The molecule has 2 heterocycles. The number of amides is 1. The fraction of sp³-hybridized carbons (Fsp3) is 0.500. The van der Waals surface area contributed by atoms with E-state index in [1.165, 1.54) is 12.8 Å². The maximum Gasteiger partial charge on any atom is 0.255 e. The van der Waals surface area contributed by atoms with Crippen LogP contribution in [0, 0.1) is 0 Å². The molecule has 1 amide bonds. The van der Waals surface area contributed by atoms with Crippen LogP contribution in [0.1, 0.15) is 29.6 Å². The molecule has 0 saturated carbocycles. The Morgan fingerprint density at radius 2 is 2.11 bits per heavy atom. The largest absolute Gasteiger partial charge is 0.337 e. The average molecular weight is 344 g/mol. The minimum Gasteiger partial charge on any atom is -0.337 e. The third kappa shape index (κ3) is 2.67. The van der Waals surface area contributed by atoms with Crippen LogP contribution in [0.25, 0.3) is 0 Å². The number of nitrogens with zero attached hydrogens (tertiary/aromatic N) is 1. The average Bonchev–Trinajstić information content (AvgIpc) is 2.72. The van der Waals surface area contributed by atoms with Gasteiger partial charge in [-0.05, 0) is 47.3 Å². The summed E-state index contributed by atoms with van der Waals surface area (Å²) in [6, 6.07) is 6.53. The van der Waals surface area contributed by atoms with Crippen molar-refractivity contribution in [1.82, 2.24) is 10.2 Å². The molecule has 0 aromatic heterocycles. The van der Waals surface area contributed by atoms with Gasteiger partial charge in [-0.1, -0.05) is 17.7 Å². The van der Waals surface area contributed by atoms with Crippen molar-refractivity contribution in [2.75, 3.05) is 13.1 Å². The van der Waals surface area contributed by atoms with E-state index in [9.17, 15) is 4.79 Å². The third-order valence-electron chi connectivity index (χ3n) is 3.99. The molecule has 1 aromatic rings. The number of benzene rings is 1. The Morgan fingerprint density at radius 3 is 2.95 bits per heavy atom. The fourth-order valence-electron chi connectivity index (χ4n) is 2.97. The monoisotopic (exact) mass is 342 g/mol. The van der Waals surface area contributed by atoms with E-state index in [0.29, 0.717) is 22.7 Å². The summed E-state index contributed by atoms with van der Waals surface area (Å²) >= 11 is 9.59. The Hall–Kier alpha value is -0.580. The number of nitrogens with one attached hydrogen (secondary N) is 1. The van der Waals surface area contributed by atoms with E-state index in [-0.39, 0.29) is 5.91 Å². The molecule has 2 fully saturated rings. The number of hydrogen-bond donors (Lipinski definition) is 1. The van der Waals surface area contributed by atoms with Gasteiger partial charge in [-0.15, -0.1) is 0 Å².